The molecule has 1 atom stereocenters. The molecule has 1 heterocycles. The molecule has 0 spiro atoms. The molecular weight excluding hydrogens is 340 g/mol. The van der Waals surface area contributed by atoms with Gasteiger partial charge in [-0.05, 0) is 47.5 Å². The van der Waals surface area contributed by atoms with Crippen molar-refractivity contribution >= 4 is 27.7 Å². The summed E-state index contributed by atoms with van der Waals surface area (Å²) in [6, 6.07) is 2.25. The molecule has 6 nitrogen and oxygen atoms in total. The van der Waals surface area contributed by atoms with Crippen LogP contribution in [0.2, 0.25) is 0 Å². The number of amides is 2. The minimum absolute atomic E-state index is 0.0356. The number of aromatic hydroxyl groups is 1. The molecule has 1 aromatic rings. The molecule has 2 amide bonds. The Bertz CT molecular complexity index is 655. The number of carbonyl (C=O) groups excluding carboxylic acids is 2. The third-order valence-corrected chi connectivity index (χ3v) is 3.86. The normalized spacial score (nSPS) is 18.1. The Hall–Kier alpha value is -2.02. The standard InChI is InChI=1S/C14H15BrN2O4/c1-6-11(7(2)18)12(17-14(20)16-6)8-4-9(15)13(19)10(5-8)21-3/h4-5,12,19H,1-3H3,(H2,16,17,20)/t12-/m1/s1. The van der Waals surface area contributed by atoms with Crippen LogP contribution in [0.25, 0.3) is 0 Å². The second-order valence-corrected chi connectivity index (χ2v) is 5.53. The number of nitrogens with one attached hydrogen (secondary N) is 2. The van der Waals surface area contributed by atoms with Gasteiger partial charge < -0.3 is 20.5 Å². The van der Waals surface area contributed by atoms with Crippen molar-refractivity contribution in [2.75, 3.05) is 7.11 Å². The van der Waals surface area contributed by atoms with E-state index in [2.05, 4.69) is 26.6 Å². The fraction of sp³-hybridized carbons (Fsp3) is 0.286. The molecule has 0 fully saturated rings. The van der Waals surface area contributed by atoms with E-state index in [1.807, 2.05) is 0 Å². The first-order chi connectivity index (χ1) is 9.85. The molecule has 1 aromatic carbocycles. The molecule has 21 heavy (non-hydrogen) atoms. The van der Waals surface area contributed by atoms with E-state index in [9.17, 15) is 14.7 Å². The van der Waals surface area contributed by atoms with Gasteiger partial charge in [-0.1, -0.05) is 0 Å². The van der Waals surface area contributed by atoms with Gasteiger partial charge in [0.2, 0.25) is 0 Å². The van der Waals surface area contributed by atoms with Crippen LogP contribution in [0.4, 0.5) is 4.79 Å². The van der Waals surface area contributed by atoms with Gasteiger partial charge >= 0.3 is 6.03 Å². The maximum absolute atomic E-state index is 11.9. The van der Waals surface area contributed by atoms with Crippen molar-refractivity contribution in [2.45, 2.75) is 19.9 Å². The monoisotopic (exact) mass is 354 g/mol. The summed E-state index contributed by atoms with van der Waals surface area (Å²) >= 11 is 3.23. The highest BCUT2D eigenvalue weighted by Crippen LogP contribution is 2.39. The first-order valence-electron chi connectivity index (χ1n) is 6.20. The lowest BCUT2D eigenvalue weighted by Crippen LogP contribution is -2.44. The first kappa shape index (κ1) is 15.4. The van der Waals surface area contributed by atoms with Crippen molar-refractivity contribution in [3.63, 3.8) is 0 Å². The molecule has 0 radical (unpaired) electrons. The van der Waals surface area contributed by atoms with E-state index in [0.29, 0.717) is 21.3 Å². The van der Waals surface area contributed by atoms with Gasteiger partial charge in [-0.25, -0.2) is 4.79 Å². The summed E-state index contributed by atoms with van der Waals surface area (Å²) in [6.07, 6.45) is 0. The highest BCUT2D eigenvalue weighted by atomic mass is 79.9. The van der Waals surface area contributed by atoms with E-state index < -0.39 is 6.04 Å². The Morgan fingerprint density at radius 1 is 1.43 bits per heavy atom. The van der Waals surface area contributed by atoms with E-state index in [1.165, 1.54) is 14.0 Å². The minimum Gasteiger partial charge on any atom is -0.503 e. The summed E-state index contributed by atoms with van der Waals surface area (Å²) in [5.41, 5.74) is 1.62. The van der Waals surface area contributed by atoms with Crippen LogP contribution in [-0.2, 0) is 4.79 Å². The highest BCUT2D eigenvalue weighted by Gasteiger charge is 2.30. The number of phenolic OH excluding ortho intramolecular Hbond substituents is 1. The number of benzene rings is 1. The quantitative estimate of drug-likeness (QED) is 0.777. The van der Waals surface area contributed by atoms with Gasteiger partial charge in [-0.3, -0.25) is 4.79 Å². The Labute approximate surface area is 130 Å². The Kier molecular flexibility index (Phi) is 4.22. The van der Waals surface area contributed by atoms with E-state index in [-0.39, 0.29) is 23.3 Å². The van der Waals surface area contributed by atoms with E-state index >= 15 is 0 Å². The molecule has 0 saturated heterocycles. The van der Waals surface area contributed by atoms with Crippen molar-refractivity contribution in [1.29, 1.82) is 0 Å². The van der Waals surface area contributed by atoms with Gasteiger partial charge in [0.15, 0.2) is 17.3 Å². The van der Waals surface area contributed by atoms with Crippen LogP contribution >= 0.6 is 15.9 Å². The van der Waals surface area contributed by atoms with Crippen LogP contribution in [0.5, 0.6) is 11.5 Å². The van der Waals surface area contributed by atoms with E-state index in [1.54, 1.807) is 19.1 Å². The Balaban J connectivity index is 2.58. The smallest absolute Gasteiger partial charge is 0.319 e. The molecule has 0 aromatic heterocycles. The van der Waals surface area contributed by atoms with E-state index in [4.69, 9.17) is 4.74 Å². The second kappa shape index (κ2) is 5.77. The fourth-order valence-electron chi connectivity index (χ4n) is 2.33. The molecule has 0 saturated carbocycles. The summed E-state index contributed by atoms with van der Waals surface area (Å²) in [5.74, 6) is 0.0764. The van der Waals surface area contributed by atoms with Crippen LogP contribution < -0.4 is 15.4 Å². The summed E-state index contributed by atoms with van der Waals surface area (Å²) in [6.45, 7) is 3.12. The predicted molar refractivity (Wildman–Crippen MR) is 80.1 cm³/mol. The van der Waals surface area contributed by atoms with Gasteiger partial charge in [0.25, 0.3) is 0 Å². The molecule has 0 unspecified atom stereocenters. The topological polar surface area (TPSA) is 87.7 Å². The number of phenols is 1. The van der Waals surface area contributed by atoms with Crippen LogP contribution in [-0.4, -0.2) is 24.0 Å². The molecule has 2 rings (SSSR count). The Morgan fingerprint density at radius 2 is 2.10 bits per heavy atom. The second-order valence-electron chi connectivity index (χ2n) is 4.68. The molecular formula is C14H15BrN2O4. The average Bonchev–Trinajstić information content (AvgIpc) is 2.40. The van der Waals surface area contributed by atoms with Gasteiger partial charge in [0, 0.05) is 11.3 Å². The van der Waals surface area contributed by atoms with Gasteiger partial charge in [0.05, 0.1) is 17.6 Å². The van der Waals surface area contributed by atoms with Crippen molar-refractivity contribution in [2.24, 2.45) is 0 Å². The number of halogens is 1. The minimum atomic E-state index is -0.595. The van der Waals surface area contributed by atoms with Crippen molar-refractivity contribution < 1.29 is 19.4 Å². The number of hydrogen-bond donors (Lipinski definition) is 3. The number of ether oxygens (including phenoxy) is 1. The van der Waals surface area contributed by atoms with Crippen molar-refractivity contribution in [3.05, 3.63) is 33.4 Å². The maximum Gasteiger partial charge on any atom is 0.319 e. The third kappa shape index (κ3) is 2.87. The zero-order valence-corrected chi connectivity index (χ0v) is 13.4. The van der Waals surface area contributed by atoms with Crippen LogP contribution in [0.15, 0.2) is 27.9 Å². The number of carbonyl (C=O) groups is 2. The summed E-state index contributed by atoms with van der Waals surface area (Å²) in [7, 11) is 1.43. The lowest BCUT2D eigenvalue weighted by molar-refractivity contribution is -0.114. The van der Waals surface area contributed by atoms with Gasteiger partial charge in [0.1, 0.15) is 0 Å². The zero-order valence-electron chi connectivity index (χ0n) is 11.8. The lowest BCUT2D eigenvalue weighted by atomic mass is 9.93. The molecule has 1 aliphatic heterocycles. The molecule has 112 valence electrons. The number of urea groups is 1. The number of ketones is 1. The number of methoxy groups -OCH3 is 1. The number of rotatable bonds is 3. The SMILES string of the molecule is COc1cc([C@H]2NC(=O)NC(C)=C2C(C)=O)cc(Br)c1O. The largest absolute Gasteiger partial charge is 0.503 e. The van der Waals surface area contributed by atoms with E-state index in [0.717, 1.165) is 0 Å². The highest BCUT2D eigenvalue weighted by molar-refractivity contribution is 9.10. The number of hydrogen-bond acceptors (Lipinski definition) is 4. The van der Waals surface area contributed by atoms with Gasteiger partial charge in [-0.15, -0.1) is 0 Å². The number of allylic oxidation sites excluding steroid dienone is 1. The van der Waals surface area contributed by atoms with Crippen molar-refractivity contribution in [3.8, 4) is 11.5 Å². The summed E-state index contributed by atoms with van der Waals surface area (Å²) in [5, 5.41) is 15.1. The molecule has 7 heteroatoms. The van der Waals surface area contributed by atoms with Crippen molar-refractivity contribution in [1.82, 2.24) is 10.6 Å². The molecule has 1 aliphatic rings. The molecule has 0 bridgehead atoms. The molecule has 3 N–H and O–H groups in total. The lowest BCUT2D eigenvalue weighted by Gasteiger charge is -2.28. The fourth-order valence-corrected chi connectivity index (χ4v) is 2.79. The maximum atomic E-state index is 11.9. The number of Topliss-reactive ketones (excluding diaryl/α,β-unsaturated/α-hetero) is 1. The van der Waals surface area contributed by atoms with Crippen LogP contribution in [0.1, 0.15) is 25.5 Å². The van der Waals surface area contributed by atoms with Gasteiger partial charge in [-0.2, -0.15) is 0 Å². The van der Waals surface area contributed by atoms with Crippen LogP contribution in [0, 0.1) is 0 Å². The average molecular weight is 355 g/mol. The predicted octanol–water partition coefficient (Wildman–Crippen LogP) is 2.38. The molecule has 0 aliphatic carbocycles. The third-order valence-electron chi connectivity index (χ3n) is 3.25. The Morgan fingerprint density at radius 3 is 2.67 bits per heavy atom. The zero-order chi connectivity index (χ0) is 15.7. The van der Waals surface area contributed by atoms with Crippen LogP contribution in [0.3, 0.4) is 0 Å². The first-order valence-corrected chi connectivity index (χ1v) is 7.00. The summed E-state index contributed by atoms with van der Waals surface area (Å²) < 4.78 is 5.52. The summed E-state index contributed by atoms with van der Waals surface area (Å²) in [4.78, 5) is 23.5.